The summed E-state index contributed by atoms with van der Waals surface area (Å²) in [5.74, 6) is -1.69. The van der Waals surface area contributed by atoms with E-state index >= 15 is 0 Å². The Labute approximate surface area is 169 Å². The molecule has 0 saturated heterocycles. The molecule has 0 aromatic rings. The van der Waals surface area contributed by atoms with Gasteiger partial charge >= 0.3 is 5.97 Å². The molecule has 0 aromatic heterocycles. The molecule has 0 amide bonds. The van der Waals surface area contributed by atoms with Gasteiger partial charge in [-0.3, -0.25) is 0 Å². The van der Waals surface area contributed by atoms with Gasteiger partial charge in [-0.2, -0.15) is 0 Å². The van der Waals surface area contributed by atoms with Gasteiger partial charge in [0.05, 0.1) is 8.80 Å². The van der Waals surface area contributed by atoms with E-state index in [1.807, 2.05) is 20.8 Å². The molecule has 0 fully saturated rings. The van der Waals surface area contributed by atoms with Gasteiger partial charge in [0.15, 0.2) is 0 Å². The summed E-state index contributed by atoms with van der Waals surface area (Å²) in [7, 11) is -1.35. The molecular weight excluding hydrogens is 352 g/mol. The molecule has 1 aliphatic heterocycles. The Bertz CT molecular complexity index is 490. The second kappa shape index (κ2) is 11.4. The second-order valence-corrected chi connectivity index (χ2v) is 12.5. The van der Waals surface area contributed by atoms with Crippen molar-refractivity contribution < 1.29 is 14.6 Å². The van der Waals surface area contributed by atoms with Crippen LogP contribution in [0.15, 0.2) is 10.8 Å². The molecule has 1 aliphatic rings. The molecule has 1 atom stereocenters. The van der Waals surface area contributed by atoms with E-state index in [0.29, 0.717) is 0 Å². The summed E-state index contributed by atoms with van der Waals surface area (Å²) in [5, 5.41) is 12.0. The van der Waals surface area contributed by atoms with E-state index in [-0.39, 0.29) is 5.97 Å². The first-order chi connectivity index (χ1) is 12.6. The lowest BCUT2D eigenvalue weighted by Gasteiger charge is -2.38. The van der Waals surface area contributed by atoms with Crippen LogP contribution in [-0.2, 0) is 9.53 Å². The van der Waals surface area contributed by atoms with E-state index in [2.05, 4.69) is 20.0 Å². The summed E-state index contributed by atoms with van der Waals surface area (Å²) in [5.41, 5.74) is 0.290. The van der Waals surface area contributed by atoms with Gasteiger partial charge in [0.1, 0.15) is 0 Å². The number of hydrogen-bond acceptors (Lipinski definition) is 3. The zero-order valence-electron chi connectivity index (χ0n) is 18.8. The first kappa shape index (κ1) is 24.4. The van der Waals surface area contributed by atoms with Gasteiger partial charge in [0.25, 0.3) is 0 Å². The van der Waals surface area contributed by atoms with Crippen molar-refractivity contribution in [1.29, 1.82) is 0 Å². The normalized spacial score (nSPS) is 20.7. The molecule has 0 aliphatic carbocycles. The molecule has 0 aromatic carbocycles. The molecule has 0 radical (unpaired) electrons. The lowest BCUT2D eigenvalue weighted by molar-refractivity contribution is -0.214. The fraction of sp³-hybridized carbons (Fsp3) is 0.870. The molecule has 1 N–H and O–H groups in total. The van der Waals surface area contributed by atoms with Crippen molar-refractivity contribution in [2.24, 2.45) is 5.41 Å². The number of rotatable bonds is 13. The van der Waals surface area contributed by atoms with Gasteiger partial charge in [-0.15, -0.1) is 0 Å². The molecule has 27 heavy (non-hydrogen) atoms. The average Bonchev–Trinajstić information content (AvgIpc) is 2.84. The molecule has 0 spiro atoms. The maximum atomic E-state index is 12.4. The van der Waals surface area contributed by atoms with Crippen molar-refractivity contribution in [3.63, 3.8) is 0 Å². The van der Waals surface area contributed by atoms with Crippen LogP contribution in [0.4, 0.5) is 0 Å². The third-order valence-corrected chi connectivity index (χ3v) is 7.70. The Morgan fingerprint density at radius 3 is 1.74 bits per heavy atom. The second-order valence-electron chi connectivity index (χ2n) is 9.62. The Morgan fingerprint density at radius 1 is 0.889 bits per heavy atom. The van der Waals surface area contributed by atoms with Crippen LogP contribution < -0.4 is 0 Å². The molecule has 0 bridgehead atoms. The fourth-order valence-corrected chi connectivity index (χ4v) is 6.30. The van der Waals surface area contributed by atoms with E-state index < -0.39 is 20.0 Å². The molecule has 1 heterocycles. The molecule has 0 saturated carbocycles. The summed E-state index contributed by atoms with van der Waals surface area (Å²) < 4.78 is 5.53. The zero-order valence-corrected chi connectivity index (χ0v) is 20.0. The minimum Gasteiger partial charge on any atom is -0.426 e. The largest absolute Gasteiger partial charge is 0.426 e. The smallest absolute Gasteiger partial charge is 0.336 e. The van der Waals surface area contributed by atoms with Crippen molar-refractivity contribution in [3.05, 3.63) is 10.8 Å². The Hall–Kier alpha value is -0.613. The van der Waals surface area contributed by atoms with Crippen LogP contribution in [0.3, 0.4) is 0 Å². The SMILES string of the molecule is CCCCCCCCCCCCCC1=C([SiH](C)C)C(O)(C(C)(C)C)OC1=O. The number of esters is 1. The molecule has 4 heteroatoms. The Kier molecular flexibility index (Phi) is 10.3. The van der Waals surface area contributed by atoms with Crippen LogP contribution >= 0.6 is 0 Å². The number of cyclic esters (lactones) is 1. The summed E-state index contributed by atoms with van der Waals surface area (Å²) in [4.78, 5) is 12.4. The summed E-state index contributed by atoms with van der Waals surface area (Å²) in [6, 6.07) is 0. The van der Waals surface area contributed by atoms with Gasteiger partial charge in [-0.25, -0.2) is 4.79 Å². The molecule has 1 unspecified atom stereocenters. The highest BCUT2D eigenvalue weighted by Gasteiger charge is 2.54. The van der Waals surface area contributed by atoms with Gasteiger partial charge in [-0.05, 0) is 18.0 Å². The van der Waals surface area contributed by atoms with E-state index in [1.54, 1.807) is 0 Å². The van der Waals surface area contributed by atoms with Gasteiger partial charge in [0, 0.05) is 11.0 Å². The predicted molar refractivity (Wildman–Crippen MR) is 117 cm³/mol. The predicted octanol–water partition coefficient (Wildman–Crippen LogP) is 6.30. The Balaban J connectivity index is 2.39. The van der Waals surface area contributed by atoms with E-state index in [0.717, 1.165) is 30.0 Å². The number of unbranched alkanes of at least 4 members (excludes halogenated alkanes) is 10. The highest BCUT2D eigenvalue weighted by Crippen LogP contribution is 2.45. The summed E-state index contributed by atoms with van der Waals surface area (Å²) in [6.07, 6.45) is 15.0. The van der Waals surface area contributed by atoms with Crippen LogP contribution in [-0.4, -0.2) is 25.7 Å². The summed E-state index contributed by atoms with van der Waals surface area (Å²) in [6.45, 7) is 12.5. The molecular formula is C23H44O3Si. The first-order valence-electron chi connectivity index (χ1n) is 11.3. The van der Waals surface area contributed by atoms with Crippen molar-refractivity contribution in [2.45, 2.75) is 124 Å². The van der Waals surface area contributed by atoms with Gasteiger partial charge in [-0.1, -0.05) is 105 Å². The number of ether oxygens (including phenoxy) is 1. The minimum absolute atomic E-state index is 0.282. The average molecular weight is 397 g/mol. The van der Waals surface area contributed by atoms with Crippen LogP contribution in [0.5, 0.6) is 0 Å². The van der Waals surface area contributed by atoms with Gasteiger partial charge in [0.2, 0.25) is 5.79 Å². The molecule has 3 nitrogen and oxygen atoms in total. The zero-order chi connectivity index (χ0) is 20.5. The van der Waals surface area contributed by atoms with Crippen molar-refractivity contribution in [2.75, 3.05) is 0 Å². The van der Waals surface area contributed by atoms with Crippen LogP contribution in [0.2, 0.25) is 13.1 Å². The lowest BCUT2D eigenvalue weighted by Crippen LogP contribution is -2.48. The highest BCUT2D eigenvalue weighted by atomic mass is 28.3. The number of carbonyl (C=O) groups excluding carboxylic acids is 1. The molecule has 1 rings (SSSR count). The minimum atomic E-state index is -1.41. The fourth-order valence-electron chi connectivity index (χ4n) is 4.06. The van der Waals surface area contributed by atoms with E-state index in [1.165, 1.54) is 57.8 Å². The third-order valence-electron chi connectivity index (χ3n) is 5.80. The van der Waals surface area contributed by atoms with E-state index in [4.69, 9.17) is 4.74 Å². The number of aliphatic hydroxyl groups is 1. The monoisotopic (exact) mass is 396 g/mol. The van der Waals surface area contributed by atoms with Crippen molar-refractivity contribution in [3.8, 4) is 0 Å². The van der Waals surface area contributed by atoms with Crippen molar-refractivity contribution in [1.82, 2.24) is 0 Å². The first-order valence-corrected chi connectivity index (χ1v) is 14.2. The Morgan fingerprint density at radius 2 is 1.33 bits per heavy atom. The van der Waals surface area contributed by atoms with Crippen molar-refractivity contribution >= 4 is 14.8 Å². The number of carbonyl (C=O) groups is 1. The van der Waals surface area contributed by atoms with Crippen LogP contribution in [0, 0.1) is 5.41 Å². The quantitative estimate of drug-likeness (QED) is 0.226. The van der Waals surface area contributed by atoms with E-state index in [9.17, 15) is 9.90 Å². The lowest BCUT2D eigenvalue weighted by atomic mass is 9.84. The van der Waals surface area contributed by atoms with Crippen LogP contribution in [0.1, 0.15) is 105 Å². The van der Waals surface area contributed by atoms with Crippen LogP contribution in [0.25, 0.3) is 0 Å². The topological polar surface area (TPSA) is 46.5 Å². The van der Waals surface area contributed by atoms with Gasteiger partial charge < -0.3 is 9.84 Å². The molecule has 158 valence electrons. The summed E-state index contributed by atoms with van der Waals surface area (Å²) >= 11 is 0. The maximum absolute atomic E-state index is 12.4. The highest BCUT2D eigenvalue weighted by molar-refractivity contribution is 6.65. The standard InChI is InChI=1S/C23H44O3Si/c1-7-8-9-10-11-12-13-14-15-16-17-18-19-20(27(5)6)23(25,22(2,3)4)26-21(19)24/h25,27H,7-18H2,1-6H3. The number of hydrogen-bond donors (Lipinski definition) is 1. The third kappa shape index (κ3) is 7.05. The maximum Gasteiger partial charge on any atom is 0.336 e.